The highest BCUT2D eigenvalue weighted by molar-refractivity contribution is 5.73. The molecule has 2 rings (SSSR count). The van der Waals surface area contributed by atoms with Gasteiger partial charge in [-0.05, 0) is 5.56 Å². The molecule has 2 N–H and O–H groups in total. The molecule has 1 aliphatic heterocycles. The molecule has 1 aromatic rings. The van der Waals surface area contributed by atoms with Gasteiger partial charge in [-0.25, -0.2) is 4.79 Å². The Bertz CT molecular complexity index is 447. The van der Waals surface area contributed by atoms with Crippen LogP contribution in [0.1, 0.15) is 18.4 Å². The highest BCUT2D eigenvalue weighted by Crippen LogP contribution is 2.26. The zero-order valence-corrected chi connectivity index (χ0v) is 9.59. The third kappa shape index (κ3) is 2.98. The summed E-state index contributed by atoms with van der Waals surface area (Å²) in [5.41, 5.74) is 0.868. The number of hydrogen-bond donors (Lipinski definition) is 2. The zero-order valence-electron chi connectivity index (χ0n) is 9.59. The Labute approximate surface area is 104 Å². The van der Waals surface area contributed by atoms with Crippen molar-refractivity contribution in [2.45, 2.75) is 25.4 Å². The fourth-order valence-electron chi connectivity index (χ4n) is 1.72. The van der Waals surface area contributed by atoms with Gasteiger partial charge < -0.3 is 14.6 Å². The predicted octanol–water partition coefficient (Wildman–Crippen LogP) is 1.46. The second-order valence-electron chi connectivity index (χ2n) is 3.93. The lowest BCUT2D eigenvalue weighted by Crippen LogP contribution is -2.49. The van der Waals surface area contributed by atoms with Crippen LogP contribution in [0, 0.1) is 0 Å². The van der Waals surface area contributed by atoms with Crippen LogP contribution in [0.4, 0.5) is 4.79 Å². The van der Waals surface area contributed by atoms with Gasteiger partial charge in [-0.1, -0.05) is 30.3 Å². The molecule has 1 heterocycles. The Morgan fingerprint density at radius 3 is 2.72 bits per heavy atom. The first kappa shape index (κ1) is 12.4. The summed E-state index contributed by atoms with van der Waals surface area (Å²) >= 11 is 0. The molecule has 1 aliphatic rings. The first-order valence-corrected chi connectivity index (χ1v) is 5.50. The summed E-state index contributed by atoms with van der Waals surface area (Å²) in [6.07, 6.45) is -0.988. The van der Waals surface area contributed by atoms with Crippen molar-refractivity contribution in [1.82, 2.24) is 5.32 Å². The lowest BCUT2D eigenvalue weighted by atomic mass is 10.2. The van der Waals surface area contributed by atoms with Gasteiger partial charge in [0.25, 0.3) is 0 Å². The van der Waals surface area contributed by atoms with Crippen LogP contribution in [0.15, 0.2) is 30.3 Å². The van der Waals surface area contributed by atoms with Crippen molar-refractivity contribution < 1.29 is 24.2 Å². The number of nitrogens with one attached hydrogen (secondary N) is 1. The van der Waals surface area contributed by atoms with Crippen LogP contribution >= 0.6 is 0 Å². The van der Waals surface area contributed by atoms with Gasteiger partial charge in [0.2, 0.25) is 0 Å². The van der Waals surface area contributed by atoms with Crippen molar-refractivity contribution in [2.75, 3.05) is 0 Å². The van der Waals surface area contributed by atoms with E-state index in [-0.39, 0.29) is 19.4 Å². The van der Waals surface area contributed by atoms with Crippen molar-refractivity contribution in [3.05, 3.63) is 35.9 Å². The number of carbonyl (C=O) groups excluding carboxylic acids is 1. The molecule has 1 amide bonds. The SMILES string of the molecule is O=C(O)NC1(OCc2ccccc2)CCC(=O)O1. The molecule has 0 saturated carbocycles. The van der Waals surface area contributed by atoms with Gasteiger partial charge in [-0.15, -0.1) is 0 Å². The molecule has 0 bridgehead atoms. The van der Waals surface area contributed by atoms with E-state index in [1.165, 1.54) is 0 Å². The average Bonchev–Trinajstić information content (AvgIpc) is 2.69. The van der Waals surface area contributed by atoms with E-state index in [2.05, 4.69) is 5.32 Å². The number of hydrogen-bond acceptors (Lipinski definition) is 4. The van der Waals surface area contributed by atoms with Crippen LogP contribution in [0.3, 0.4) is 0 Å². The van der Waals surface area contributed by atoms with Crippen molar-refractivity contribution in [3.63, 3.8) is 0 Å². The van der Waals surface area contributed by atoms with Gasteiger partial charge in [0.05, 0.1) is 13.0 Å². The van der Waals surface area contributed by atoms with Crippen LogP contribution in [-0.4, -0.2) is 23.1 Å². The van der Waals surface area contributed by atoms with Gasteiger partial charge in [0, 0.05) is 6.42 Å². The zero-order chi connectivity index (χ0) is 13.0. The highest BCUT2D eigenvalue weighted by atomic mass is 16.7. The van der Waals surface area contributed by atoms with Crippen LogP contribution in [-0.2, 0) is 20.9 Å². The molecule has 0 spiro atoms. The standard InChI is InChI=1S/C12H13NO5/c14-10-6-7-12(18-10,13-11(15)16)17-8-9-4-2-1-3-5-9/h1-5,13H,6-8H2,(H,15,16). The average molecular weight is 251 g/mol. The highest BCUT2D eigenvalue weighted by Gasteiger charge is 2.43. The number of amides is 1. The smallest absolute Gasteiger partial charge is 0.409 e. The van der Waals surface area contributed by atoms with E-state index in [4.69, 9.17) is 14.6 Å². The Hall–Kier alpha value is -2.08. The summed E-state index contributed by atoms with van der Waals surface area (Å²) in [6, 6.07) is 9.23. The van der Waals surface area contributed by atoms with E-state index in [1.54, 1.807) is 0 Å². The van der Waals surface area contributed by atoms with Crippen LogP contribution < -0.4 is 5.32 Å². The van der Waals surface area contributed by atoms with Gasteiger partial charge in [-0.3, -0.25) is 10.1 Å². The summed E-state index contributed by atoms with van der Waals surface area (Å²) in [6.45, 7) is 0.161. The fraction of sp³-hybridized carbons (Fsp3) is 0.333. The quantitative estimate of drug-likeness (QED) is 0.625. The van der Waals surface area contributed by atoms with Gasteiger partial charge in [0.15, 0.2) is 0 Å². The maximum Gasteiger partial charge on any atom is 0.409 e. The third-order valence-electron chi connectivity index (χ3n) is 2.55. The van der Waals surface area contributed by atoms with E-state index < -0.39 is 18.0 Å². The minimum atomic E-state index is -1.56. The molecule has 1 unspecified atom stereocenters. The topological polar surface area (TPSA) is 84.9 Å². The van der Waals surface area contributed by atoms with Crippen molar-refractivity contribution >= 4 is 12.1 Å². The molecule has 0 aromatic heterocycles. The number of carboxylic acid groups (broad SMARTS) is 1. The van der Waals surface area contributed by atoms with Crippen molar-refractivity contribution in [2.24, 2.45) is 0 Å². The number of esters is 1. The number of benzene rings is 1. The lowest BCUT2D eigenvalue weighted by molar-refractivity contribution is -0.228. The van der Waals surface area contributed by atoms with Gasteiger partial charge >= 0.3 is 18.0 Å². The molecule has 18 heavy (non-hydrogen) atoms. The Balaban J connectivity index is 2.02. The van der Waals surface area contributed by atoms with E-state index in [1.807, 2.05) is 30.3 Å². The predicted molar refractivity (Wildman–Crippen MR) is 60.4 cm³/mol. The minimum Gasteiger partial charge on any atom is -0.465 e. The lowest BCUT2D eigenvalue weighted by Gasteiger charge is -2.26. The molecular weight excluding hydrogens is 238 g/mol. The third-order valence-corrected chi connectivity index (χ3v) is 2.55. The second-order valence-corrected chi connectivity index (χ2v) is 3.93. The van der Waals surface area contributed by atoms with Gasteiger partial charge in [-0.2, -0.15) is 0 Å². The molecule has 0 radical (unpaired) electrons. The summed E-state index contributed by atoms with van der Waals surface area (Å²) < 4.78 is 10.4. The largest absolute Gasteiger partial charge is 0.465 e. The van der Waals surface area contributed by atoms with E-state index in [9.17, 15) is 9.59 Å². The molecule has 6 heteroatoms. The molecule has 1 aromatic carbocycles. The second kappa shape index (κ2) is 5.05. The summed E-state index contributed by atoms with van der Waals surface area (Å²) in [7, 11) is 0. The maximum atomic E-state index is 11.1. The summed E-state index contributed by atoms with van der Waals surface area (Å²) in [5, 5.41) is 10.8. The number of ether oxygens (including phenoxy) is 2. The Kier molecular flexibility index (Phi) is 3.47. The summed E-state index contributed by atoms with van der Waals surface area (Å²) in [4.78, 5) is 21.8. The van der Waals surface area contributed by atoms with Crippen LogP contribution in [0.2, 0.25) is 0 Å². The molecule has 6 nitrogen and oxygen atoms in total. The summed E-state index contributed by atoms with van der Waals surface area (Å²) in [5.74, 6) is -2.03. The van der Waals surface area contributed by atoms with E-state index in [0.29, 0.717) is 0 Å². The van der Waals surface area contributed by atoms with Crippen LogP contribution in [0.25, 0.3) is 0 Å². The van der Waals surface area contributed by atoms with Crippen molar-refractivity contribution in [3.8, 4) is 0 Å². The molecule has 96 valence electrons. The molecule has 0 aliphatic carbocycles. The van der Waals surface area contributed by atoms with E-state index >= 15 is 0 Å². The van der Waals surface area contributed by atoms with Crippen LogP contribution in [0.5, 0.6) is 0 Å². The molecule has 1 fully saturated rings. The van der Waals surface area contributed by atoms with Crippen molar-refractivity contribution in [1.29, 1.82) is 0 Å². The first-order chi connectivity index (χ1) is 8.60. The normalized spacial score (nSPS) is 22.6. The van der Waals surface area contributed by atoms with Gasteiger partial charge in [0.1, 0.15) is 0 Å². The Morgan fingerprint density at radius 2 is 2.17 bits per heavy atom. The molecule has 1 atom stereocenters. The fourth-order valence-corrected chi connectivity index (χ4v) is 1.72. The monoisotopic (exact) mass is 251 g/mol. The molecule has 1 saturated heterocycles. The Morgan fingerprint density at radius 1 is 1.44 bits per heavy atom. The number of rotatable bonds is 4. The number of carbonyl (C=O) groups is 2. The van der Waals surface area contributed by atoms with E-state index in [0.717, 1.165) is 5.56 Å². The molecular formula is C12H13NO5. The maximum absolute atomic E-state index is 11.1. The minimum absolute atomic E-state index is 0.134. The number of cyclic esters (lactones) is 1. The first-order valence-electron chi connectivity index (χ1n) is 5.50.